The van der Waals surface area contributed by atoms with Crippen molar-refractivity contribution in [1.82, 2.24) is 9.97 Å². The maximum absolute atomic E-state index is 11.5. The molecule has 0 spiro atoms. The molecule has 0 amide bonds. The Kier molecular flexibility index (Phi) is 3.46. The molecule has 2 aromatic rings. The number of hydrogen-bond donors (Lipinski definition) is 1. The molecule has 1 aromatic carbocycles. The number of aromatic nitrogens is 2. The summed E-state index contributed by atoms with van der Waals surface area (Å²) in [6.07, 6.45) is 0.920. The minimum Gasteiger partial charge on any atom is -0.464 e. The number of H-pyrrole nitrogens is 1. The minimum absolute atomic E-state index is 0.346. The zero-order chi connectivity index (χ0) is 13.1. The highest BCUT2D eigenvalue weighted by molar-refractivity contribution is 5.89. The Morgan fingerprint density at radius 1 is 1.39 bits per heavy atom. The Morgan fingerprint density at radius 3 is 2.78 bits per heavy atom. The van der Waals surface area contributed by atoms with Crippen molar-refractivity contribution in [2.75, 3.05) is 7.11 Å². The van der Waals surface area contributed by atoms with Gasteiger partial charge in [-0.15, -0.1) is 0 Å². The zero-order valence-electron chi connectivity index (χ0n) is 10.8. The van der Waals surface area contributed by atoms with Gasteiger partial charge in [-0.3, -0.25) is 0 Å². The lowest BCUT2D eigenvalue weighted by atomic mass is 10.1. The first-order valence-electron chi connectivity index (χ1n) is 5.90. The Labute approximate surface area is 106 Å². The van der Waals surface area contributed by atoms with Gasteiger partial charge in [0, 0.05) is 11.3 Å². The molecule has 0 aliphatic heterocycles. The van der Waals surface area contributed by atoms with Crippen molar-refractivity contribution in [3.63, 3.8) is 0 Å². The number of benzene rings is 1. The molecular weight excluding hydrogens is 228 g/mol. The normalized spacial score (nSPS) is 10.4. The van der Waals surface area contributed by atoms with E-state index in [2.05, 4.69) is 23.0 Å². The van der Waals surface area contributed by atoms with Gasteiger partial charge in [0.1, 0.15) is 5.82 Å². The van der Waals surface area contributed by atoms with E-state index in [4.69, 9.17) is 4.74 Å². The van der Waals surface area contributed by atoms with E-state index in [1.165, 1.54) is 12.7 Å². The van der Waals surface area contributed by atoms with E-state index in [9.17, 15) is 4.79 Å². The third kappa shape index (κ3) is 2.14. The monoisotopic (exact) mass is 244 g/mol. The van der Waals surface area contributed by atoms with Crippen LogP contribution in [0.25, 0.3) is 11.4 Å². The van der Waals surface area contributed by atoms with E-state index in [1.54, 1.807) is 0 Å². The molecule has 0 unspecified atom stereocenters. The molecule has 0 radical (unpaired) electrons. The number of imidazole rings is 1. The molecular formula is C14H16N2O2. The molecule has 1 N–H and O–H groups in total. The minimum atomic E-state index is -0.413. The van der Waals surface area contributed by atoms with E-state index >= 15 is 0 Å². The number of hydrogen-bond acceptors (Lipinski definition) is 3. The van der Waals surface area contributed by atoms with Crippen LogP contribution in [-0.4, -0.2) is 23.0 Å². The summed E-state index contributed by atoms with van der Waals surface area (Å²) in [5.41, 5.74) is 3.29. The lowest BCUT2D eigenvalue weighted by molar-refractivity contribution is 0.0594. The fourth-order valence-corrected chi connectivity index (χ4v) is 1.94. The van der Waals surface area contributed by atoms with Crippen LogP contribution >= 0.6 is 0 Å². The van der Waals surface area contributed by atoms with Crippen molar-refractivity contribution in [3.8, 4) is 11.4 Å². The lowest BCUT2D eigenvalue weighted by Gasteiger charge is -2.03. The van der Waals surface area contributed by atoms with E-state index in [0.717, 1.165) is 17.7 Å². The van der Waals surface area contributed by atoms with E-state index < -0.39 is 5.97 Å². The maximum Gasteiger partial charge on any atom is 0.358 e. The number of aryl methyl sites for hydroxylation is 2. The van der Waals surface area contributed by atoms with Crippen molar-refractivity contribution in [3.05, 3.63) is 41.2 Å². The van der Waals surface area contributed by atoms with Crippen LogP contribution in [0.4, 0.5) is 0 Å². The number of carbonyl (C=O) groups is 1. The van der Waals surface area contributed by atoms with Gasteiger partial charge in [0.05, 0.1) is 7.11 Å². The van der Waals surface area contributed by atoms with Crippen molar-refractivity contribution in [1.29, 1.82) is 0 Å². The molecule has 2 rings (SSSR count). The zero-order valence-corrected chi connectivity index (χ0v) is 10.8. The first-order chi connectivity index (χ1) is 8.67. The van der Waals surface area contributed by atoms with E-state index in [0.29, 0.717) is 11.5 Å². The molecule has 18 heavy (non-hydrogen) atoms. The summed E-state index contributed by atoms with van der Waals surface area (Å²) in [5, 5.41) is 0. The summed E-state index contributed by atoms with van der Waals surface area (Å²) in [4.78, 5) is 19.0. The van der Waals surface area contributed by atoms with Crippen LogP contribution < -0.4 is 0 Å². The Morgan fingerprint density at radius 2 is 2.11 bits per heavy atom. The highest BCUT2D eigenvalue weighted by atomic mass is 16.5. The Balaban J connectivity index is 2.49. The third-order valence-corrected chi connectivity index (χ3v) is 2.92. The highest BCUT2D eigenvalue weighted by Gasteiger charge is 2.16. The van der Waals surface area contributed by atoms with Gasteiger partial charge in [-0.1, -0.05) is 31.2 Å². The van der Waals surface area contributed by atoms with Gasteiger partial charge in [0.25, 0.3) is 0 Å². The standard InChI is InChI=1S/C14H16N2O2/c1-4-10-7-5-6-8-11(10)13-15-9(2)12(16-13)14(17)18-3/h5-8H,4H2,1-3H3,(H,15,16). The second-order valence-electron chi connectivity index (χ2n) is 4.06. The van der Waals surface area contributed by atoms with Gasteiger partial charge in [-0.2, -0.15) is 0 Å². The molecule has 0 saturated heterocycles. The Bertz CT molecular complexity index is 573. The number of aromatic amines is 1. The van der Waals surface area contributed by atoms with Gasteiger partial charge in [0.15, 0.2) is 5.69 Å². The molecule has 0 fully saturated rings. The van der Waals surface area contributed by atoms with Crippen LogP contribution in [0.5, 0.6) is 0 Å². The number of esters is 1. The molecule has 0 bridgehead atoms. The molecule has 1 aromatic heterocycles. The molecule has 1 heterocycles. The summed E-state index contributed by atoms with van der Waals surface area (Å²) in [6, 6.07) is 8.02. The molecule has 0 aliphatic rings. The number of nitrogens with one attached hydrogen (secondary N) is 1. The second-order valence-corrected chi connectivity index (χ2v) is 4.06. The quantitative estimate of drug-likeness (QED) is 0.844. The number of nitrogens with zero attached hydrogens (tertiary/aromatic N) is 1. The number of carbonyl (C=O) groups excluding carboxylic acids is 1. The second kappa shape index (κ2) is 5.04. The van der Waals surface area contributed by atoms with Crippen molar-refractivity contribution < 1.29 is 9.53 Å². The van der Waals surface area contributed by atoms with Gasteiger partial charge in [-0.25, -0.2) is 9.78 Å². The predicted octanol–water partition coefficient (Wildman–Crippen LogP) is 2.73. The lowest BCUT2D eigenvalue weighted by Crippen LogP contribution is -2.03. The summed E-state index contributed by atoms with van der Waals surface area (Å²) in [6.45, 7) is 3.91. The largest absolute Gasteiger partial charge is 0.464 e. The topological polar surface area (TPSA) is 55.0 Å². The fourth-order valence-electron chi connectivity index (χ4n) is 1.94. The fraction of sp³-hybridized carbons (Fsp3) is 0.286. The predicted molar refractivity (Wildman–Crippen MR) is 69.5 cm³/mol. The van der Waals surface area contributed by atoms with Gasteiger partial charge < -0.3 is 9.72 Å². The summed E-state index contributed by atoms with van der Waals surface area (Å²) in [7, 11) is 1.36. The van der Waals surface area contributed by atoms with Crippen LogP contribution in [0, 0.1) is 6.92 Å². The first kappa shape index (κ1) is 12.4. The van der Waals surface area contributed by atoms with Crippen LogP contribution in [0.1, 0.15) is 28.7 Å². The average molecular weight is 244 g/mol. The average Bonchev–Trinajstić information content (AvgIpc) is 2.79. The smallest absolute Gasteiger partial charge is 0.358 e. The highest BCUT2D eigenvalue weighted by Crippen LogP contribution is 2.22. The van der Waals surface area contributed by atoms with Crippen LogP contribution in [0.3, 0.4) is 0 Å². The molecule has 0 aliphatic carbocycles. The van der Waals surface area contributed by atoms with E-state index in [1.807, 2.05) is 25.1 Å². The molecule has 0 saturated carbocycles. The van der Waals surface area contributed by atoms with Crippen LogP contribution in [0.15, 0.2) is 24.3 Å². The molecule has 4 nitrogen and oxygen atoms in total. The van der Waals surface area contributed by atoms with E-state index in [-0.39, 0.29) is 0 Å². The number of ether oxygens (including phenoxy) is 1. The maximum atomic E-state index is 11.5. The van der Waals surface area contributed by atoms with Crippen molar-refractivity contribution >= 4 is 5.97 Å². The first-order valence-corrected chi connectivity index (χ1v) is 5.90. The van der Waals surface area contributed by atoms with Crippen LogP contribution in [0.2, 0.25) is 0 Å². The number of rotatable bonds is 3. The van der Waals surface area contributed by atoms with Gasteiger partial charge >= 0.3 is 5.97 Å². The number of methoxy groups -OCH3 is 1. The van der Waals surface area contributed by atoms with Crippen LogP contribution in [-0.2, 0) is 11.2 Å². The summed E-state index contributed by atoms with van der Waals surface area (Å²) < 4.78 is 4.70. The van der Waals surface area contributed by atoms with Gasteiger partial charge in [0.2, 0.25) is 0 Å². The molecule has 94 valence electrons. The van der Waals surface area contributed by atoms with Gasteiger partial charge in [-0.05, 0) is 18.9 Å². The SMILES string of the molecule is CCc1ccccc1-c1nc(C(=O)OC)c(C)[nH]1. The van der Waals surface area contributed by atoms with Crippen molar-refractivity contribution in [2.45, 2.75) is 20.3 Å². The Hall–Kier alpha value is -2.10. The van der Waals surface area contributed by atoms with Crippen molar-refractivity contribution in [2.24, 2.45) is 0 Å². The third-order valence-electron chi connectivity index (χ3n) is 2.92. The molecule has 4 heteroatoms. The summed E-state index contributed by atoms with van der Waals surface area (Å²) >= 11 is 0. The summed E-state index contributed by atoms with van der Waals surface area (Å²) in [5.74, 6) is 0.300. The molecule has 0 atom stereocenters.